The predicted octanol–water partition coefficient (Wildman–Crippen LogP) is 5.43. The second kappa shape index (κ2) is 19.6. The molecule has 46 heavy (non-hydrogen) atoms. The number of aliphatic hydroxyl groups excluding tert-OH is 1. The summed E-state index contributed by atoms with van der Waals surface area (Å²) >= 11 is 0. The van der Waals surface area contributed by atoms with Crippen molar-refractivity contribution in [3.63, 3.8) is 0 Å². The number of benzene rings is 2. The number of aliphatic hydroxyl groups is 1. The van der Waals surface area contributed by atoms with Crippen molar-refractivity contribution in [3.8, 4) is 0 Å². The summed E-state index contributed by atoms with van der Waals surface area (Å²) in [7, 11) is 0. The molecule has 254 valence electrons. The molecule has 2 aromatic carbocycles. The third kappa shape index (κ3) is 14.5. The SMILES string of the molecule is CCOC(=O)NC(CC(=O)CCC(C)(C)CCC(=O)C(O)C(COCc1ccccc1)NC(=O)OCC)Cc1cc(F)ccc1F. The van der Waals surface area contributed by atoms with Crippen molar-refractivity contribution in [2.24, 2.45) is 5.41 Å². The lowest BCUT2D eigenvalue weighted by molar-refractivity contribution is -0.130. The minimum atomic E-state index is -1.55. The highest BCUT2D eigenvalue weighted by Crippen LogP contribution is 2.29. The van der Waals surface area contributed by atoms with Gasteiger partial charge in [0.15, 0.2) is 5.78 Å². The normalized spacial score (nSPS) is 13.3. The van der Waals surface area contributed by atoms with Crippen molar-refractivity contribution in [1.29, 1.82) is 0 Å². The van der Waals surface area contributed by atoms with Crippen LogP contribution in [0.5, 0.6) is 0 Å². The summed E-state index contributed by atoms with van der Waals surface area (Å²) in [4.78, 5) is 50.1. The minimum Gasteiger partial charge on any atom is -0.450 e. The van der Waals surface area contributed by atoms with Crippen LogP contribution in [0.4, 0.5) is 18.4 Å². The van der Waals surface area contributed by atoms with Gasteiger partial charge in [-0.25, -0.2) is 18.4 Å². The van der Waals surface area contributed by atoms with E-state index in [1.54, 1.807) is 13.8 Å². The number of Topliss-reactive ketones (excluding diaryl/α,β-unsaturated/α-hetero) is 2. The van der Waals surface area contributed by atoms with E-state index >= 15 is 0 Å². The second-order valence-corrected chi connectivity index (χ2v) is 11.8. The molecule has 0 saturated carbocycles. The van der Waals surface area contributed by atoms with Gasteiger partial charge in [0.1, 0.15) is 23.5 Å². The van der Waals surface area contributed by atoms with Crippen LogP contribution >= 0.6 is 0 Å². The molecule has 0 bridgehead atoms. The molecule has 0 heterocycles. The Hall–Kier alpha value is -3.90. The summed E-state index contributed by atoms with van der Waals surface area (Å²) in [5.74, 6) is -2.01. The Kier molecular flexibility index (Phi) is 16.3. The van der Waals surface area contributed by atoms with Gasteiger partial charge in [0.25, 0.3) is 0 Å². The molecule has 2 rings (SSSR count). The van der Waals surface area contributed by atoms with Crippen molar-refractivity contribution in [3.05, 3.63) is 71.3 Å². The number of halogens is 2. The first-order chi connectivity index (χ1) is 21.8. The van der Waals surface area contributed by atoms with Crippen LogP contribution in [0.1, 0.15) is 70.9 Å². The van der Waals surface area contributed by atoms with E-state index in [4.69, 9.17) is 14.2 Å². The van der Waals surface area contributed by atoms with Gasteiger partial charge < -0.3 is 30.0 Å². The van der Waals surface area contributed by atoms with Gasteiger partial charge in [-0.1, -0.05) is 44.2 Å². The summed E-state index contributed by atoms with van der Waals surface area (Å²) in [6.45, 7) is 7.33. The Morgan fingerprint density at radius 2 is 1.52 bits per heavy atom. The fourth-order valence-corrected chi connectivity index (χ4v) is 4.71. The third-order valence-corrected chi connectivity index (χ3v) is 7.37. The van der Waals surface area contributed by atoms with Crippen molar-refractivity contribution in [1.82, 2.24) is 10.6 Å². The van der Waals surface area contributed by atoms with Gasteiger partial charge in [0, 0.05) is 25.3 Å². The van der Waals surface area contributed by atoms with Crippen LogP contribution in [0.3, 0.4) is 0 Å². The third-order valence-electron chi connectivity index (χ3n) is 7.37. The molecule has 0 aliphatic rings. The first-order valence-corrected chi connectivity index (χ1v) is 15.5. The number of rotatable bonds is 20. The molecule has 3 unspecified atom stereocenters. The molecule has 0 aliphatic heterocycles. The van der Waals surface area contributed by atoms with E-state index in [-0.39, 0.29) is 63.5 Å². The van der Waals surface area contributed by atoms with Crippen LogP contribution < -0.4 is 10.6 Å². The lowest BCUT2D eigenvalue weighted by Crippen LogP contribution is -2.50. The number of alkyl carbamates (subject to hydrolysis) is 2. The molecule has 3 N–H and O–H groups in total. The van der Waals surface area contributed by atoms with Crippen LogP contribution in [-0.4, -0.2) is 66.9 Å². The number of carbonyl (C=O) groups excluding carboxylic acids is 4. The molecule has 2 aromatic rings. The monoisotopic (exact) mass is 648 g/mol. The van der Waals surface area contributed by atoms with Gasteiger partial charge in [-0.15, -0.1) is 0 Å². The zero-order valence-electron chi connectivity index (χ0n) is 27.0. The van der Waals surface area contributed by atoms with E-state index in [1.165, 1.54) is 0 Å². The molecular formula is C34H46F2N2O8. The maximum atomic E-state index is 14.3. The maximum absolute atomic E-state index is 14.3. The molecular weight excluding hydrogens is 602 g/mol. The Morgan fingerprint density at radius 1 is 0.891 bits per heavy atom. The summed E-state index contributed by atoms with van der Waals surface area (Å²) in [5.41, 5.74) is 0.421. The largest absolute Gasteiger partial charge is 0.450 e. The average Bonchev–Trinajstić information content (AvgIpc) is 3.00. The highest BCUT2D eigenvalue weighted by atomic mass is 19.1. The van der Waals surface area contributed by atoms with Crippen LogP contribution in [0.2, 0.25) is 0 Å². The van der Waals surface area contributed by atoms with Crippen LogP contribution in [0.15, 0.2) is 48.5 Å². The summed E-state index contributed by atoms with van der Waals surface area (Å²) in [6, 6.07) is 10.4. The number of carbonyl (C=O) groups is 4. The molecule has 2 amide bonds. The Labute approximate surface area is 269 Å². The van der Waals surface area contributed by atoms with Gasteiger partial charge in [-0.2, -0.15) is 0 Å². The molecule has 12 heteroatoms. The molecule has 0 aliphatic carbocycles. The first-order valence-electron chi connectivity index (χ1n) is 15.5. The first kappa shape index (κ1) is 38.3. The summed E-state index contributed by atoms with van der Waals surface area (Å²) in [6.07, 6.45) is -2.52. The van der Waals surface area contributed by atoms with Crippen molar-refractivity contribution in [2.45, 2.75) is 91.0 Å². The average molecular weight is 649 g/mol. The predicted molar refractivity (Wildman–Crippen MR) is 167 cm³/mol. The Bertz CT molecular complexity index is 1280. The highest BCUT2D eigenvalue weighted by Gasteiger charge is 2.30. The molecule has 0 fully saturated rings. The molecule has 3 atom stereocenters. The lowest BCUT2D eigenvalue weighted by Gasteiger charge is -2.27. The van der Waals surface area contributed by atoms with Crippen LogP contribution in [0, 0.1) is 17.0 Å². The summed E-state index contributed by atoms with van der Waals surface area (Å²) < 4.78 is 43.5. The standard InChI is InChI=1S/C34H46F2N2O8/c1-5-45-32(42)37-26(19-24-18-25(35)12-13-28(24)36)20-27(39)14-16-34(3,4)17-15-30(40)31(41)29(38-33(43)46-6-2)22-44-21-23-10-8-7-9-11-23/h7-13,18,26,29,31,41H,5-6,14-17,19-22H2,1-4H3,(H,37,42)(H,38,43). The van der Waals surface area contributed by atoms with Gasteiger partial charge in [0.2, 0.25) is 0 Å². The lowest BCUT2D eigenvalue weighted by atomic mass is 9.81. The van der Waals surface area contributed by atoms with Crippen LogP contribution in [-0.2, 0) is 36.8 Å². The molecule has 0 aromatic heterocycles. The van der Waals surface area contributed by atoms with Gasteiger partial charge in [-0.05, 0) is 67.9 Å². The zero-order valence-corrected chi connectivity index (χ0v) is 27.0. The Balaban J connectivity index is 1.94. The molecule has 10 nitrogen and oxygen atoms in total. The zero-order chi connectivity index (χ0) is 34.1. The van der Waals surface area contributed by atoms with Crippen molar-refractivity contribution in [2.75, 3.05) is 19.8 Å². The van der Waals surface area contributed by atoms with E-state index in [1.807, 2.05) is 44.2 Å². The smallest absolute Gasteiger partial charge is 0.407 e. The number of ether oxygens (including phenoxy) is 3. The van der Waals surface area contributed by atoms with E-state index in [0.717, 1.165) is 23.8 Å². The van der Waals surface area contributed by atoms with Crippen molar-refractivity contribution < 1.29 is 47.3 Å². The van der Waals surface area contributed by atoms with E-state index < -0.39 is 53.2 Å². The fraction of sp³-hybridized carbons (Fsp3) is 0.529. The number of ketones is 2. The van der Waals surface area contributed by atoms with Gasteiger partial charge >= 0.3 is 12.2 Å². The molecule has 0 saturated heterocycles. The minimum absolute atomic E-state index is 0.0199. The van der Waals surface area contributed by atoms with Gasteiger partial charge in [-0.3, -0.25) is 9.59 Å². The number of hydrogen-bond acceptors (Lipinski definition) is 8. The maximum Gasteiger partial charge on any atom is 0.407 e. The molecule has 0 spiro atoms. The second-order valence-electron chi connectivity index (χ2n) is 11.8. The summed E-state index contributed by atoms with van der Waals surface area (Å²) in [5, 5.41) is 15.9. The van der Waals surface area contributed by atoms with Gasteiger partial charge in [0.05, 0.1) is 32.5 Å². The highest BCUT2D eigenvalue weighted by molar-refractivity contribution is 5.84. The fourth-order valence-electron chi connectivity index (χ4n) is 4.71. The van der Waals surface area contributed by atoms with E-state index in [0.29, 0.717) is 12.8 Å². The molecule has 0 radical (unpaired) electrons. The van der Waals surface area contributed by atoms with E-state index in [2.05, 4.69) is 10.6 Å². The number of amides is 2. The van der Waals surface area contributed by atoms with Crippen LogP contribution in [0.25, 0.3) is 0 Å². The Morgan fingerprint density at radius 3 is 2.17 bits per heavy atom. The van der Waals surface area contributed by atoms with Crippen molar-refractivity contribution >= 4 is 23.8 Å². The quantitative estimate of drug-likeness (QED) is 0.173. The topological polar surface area (TPSA) is 140 Å². The number of hydrogen-bond donors (Lipinski definition) is 3. The van der Waals surface area contributed by atoms with E-state index in [9.17, 15) is 33.1 Å². The number of nitrogens with one attached hydrogen (secondary N) is 2.